The van der Waals surface area contributed by atoms with Crippen LogP contribution in [0.1, 0.15) is 81.3 Å². The van der Waals surface area contributed by atoms with Gasteiger partial charge in [0.2, 0.25) is 0 Å². The van der Waals surface area contributed by atoms with Crippen LogP contribution in [-0.4, -0.2) is 45.2 Å². The molecule has 1 aromatic heterocycles. The van der Waals surface area contributed by atoms with Crippen molar-refractivity contribution >= 4 is 6.03 Å². The third-order valence-electron chi connectivity index (χ3n) is 6.76. The molecule has 0 aromatic carbocycles. The first kappa shape index (κ1) is 14.7. The summed E-state index contributed by atoms with van der Waals surface area (Å²) in [7, 11) is 0. The largest absolute Gasteiger partial charge is 0.335 e. The third kappa shape index (κ3) is 2.42. The molecule has 1 unspecified atom stereocenters. The normalized spacial score (nSPS) is 29.2. The van der Waals surface area contributed by atoms with E-state index in [-0.39, 0.29) is 11.4 Å². The average Bonchev–Trinajstić information content (AvgIpc) is 2.99. The van der Waals surface area contributed by atoms with Gasteiger partial charge in [0.05, 0.1) is 0 Å². The van der Waals surface area contributed by atoms with Crippen LogP contribution in [0.25, 0.3) is 0 Å². The third-order valence-corrected chi connectivity index (χ3v) is 6.76. The Kier molecular flexibility index (Phi) is 3.35. The molecule has 2 heterocycles. The Hall–Kier alpha value is -1.59. The minimum absolute atomic E-state index is 0.137. The van der Waals surface area contributed by atoms with Gasteiger partial charge in [-0.05, 0) is 43.9 Å². The molecule has 2 amide bonds. The predicted molar refractivity (Wildman–Crippen MR) is 89.7 cm³/mol. The summed E-state index contributed by atoms with van der Waals surface area (Å²) in [6.45, 7) is 1.67. The van der Waals surface area contributed by atoms with Crippen molar-refractivity contribution in [2.24, 2.45) is 5.41 Å². The molecule has 3 saturated carbocycles. The summed E-state index contributed by atoms with van der Waals surface area (Å²) in [5, 5.41) is 10.9. The second kappa shape index (κ2) is 5.46. The van der Waals surface area contributed by atoms with Crippen molar-refractivity contribution in [1.82, 2.24) is 25.4 Å². The Morgan fingerprint density at radius 3 is 2.62 bits per heavy atom. The van der Waals surface area contributed by atoms with Gasteiger partial charge in [-0.15, -0.1) is 0 Å². The number of rotatable bonds is 3. The highest BCUT2D eigenvalue weighted by atomic mass is 16.2. The molecule has 4 fully saturated rings. The first-order chi connectivity index (χ1) is 11.7. The van der Waals surface area contributed by atoms with Crippen molar-refractivity contribution in [2.75, 3.05) is 13.1 Å². The van der Waals surface area contributed by atoms with E-state index in [2.05, 4.69) is 15.5 Å². The maximum Gasteiger partial charge on any atom is 0.317 e. The topological polar surface area (TPSA) is 73.9 Å². The van der Waals surface area contributed by atoms with Crippen LogP contribution in [0.15, 0.2) is 0 Å². The summed E-state index contributed by atoms with van der Waals surface area (Å²) in [5.74, 6) is 2.93. The van der Waals surface area contributed by atoms with Crippen LogP contribution in [0.4, 0.5) is 4.79 Å². The molecule has 1 saturated heterocycles. The molecule has 6 nitrogen and oxygen atoms in total. The molecule has 1 aromatic rings. The van der Waals surface area contributed by atoms with Crippen LogP contribution in [0.2, 0.25) is 0 Å². The summed E-state index contributed by atoms with van der Waals surface area (Å²) in [5.41, 5.74) is 0.243. The lowest BCUT2D eigenvalue weighted by atomic mass is 9.62. The molecule has 1 spiro atoms. The molecule has 130 valence electrons. The number of nitrogens with one attached hydrogen (secondary N) is 2. The lowest BCUT2D eigenvalue weighted by Crippen LogP contribution is -2.44. The molecule has 3 aliphatic carbocycles. The van der Waals surface area contributed by atoms with E-state index in [1.165, 1.54) is 44.9 Å². The Morgan fingerprint density at radius 2 is 1.96 bits per heavy atom. The minimum atomic E-state index is 0.137. The summed E-state index contributed by atoms with van der Waals surface area (Å²) >= 11 is 0. The number of nitrogens with zero attached hydrogens (tertiary/aromatic N) is 3. The van der Waals surface area contributed by atoms with Crippen molar-refractivity contribution < 1.29 is 4.79 Å². The van der Waals surface area contributed by atoms with Crippen molar-refractivity contribution in [3.8, 4) is 0 Å². The number of urea groups is 1. The van der Waals surface area contributed by atoms with Gasteiger partial charge in [-0.25, -0.2) is 9.78 Å². The predicted octanol–water partition coefficient (Wildman–Crippen LogP) is 2.90. The van der Waals surface area contributed by atoms with Gasteiger partial charge in [-0.3, -0.25) is 5.10 Å². The van der Waals surface area contributed by atoms with Crippen LogP contribution < -0.4 is 5.32 Å². The second-order valence-corrected chi connectivity index (χ2v) is 8.43. The van der Waals surface area contributed by atoms with E-state index < -0.39 is 0 Å². The zero-order valence-corrected chi connectivity index (χ0v) is 14.3. The highest BCUT2D eigenvalue weighted by Crippen LogP contribution is 2.55. The summed E-state index contributed by atoms with van der Waals surface area (Å²) in [6, 6.07) is 0.526. The number of hydrogen-bond acceptors (Lipinski definition) is 3. The van der Waals surface area contributed by atoms with Crippen molar-refractivity contribution in [2.45, 2.75) is 75.7 Å². The molecule has 0 bridgehead atoms. The number of aromatic nitrogens is 3. The Bertz CT molecular complexity index is 627. The van der Waals surface area contributed by atoms with Crippen LogP contribution in [0.5, 0.6) is 0 Å². The van der Waals surface area contributed by atoms with Gasteiger partial charge in [0, 0.05) is 31.0 Å². The average molecular weight is 329 g/mol. The fourth-order valence-electron chi connectivity index (χ4n) is 4.94. The van der Waals surface area contributed by atoms with Crippen LogP contribution in [0.3, 0.4) is 0 Å². The molecule has 6 heteroatoms. The number of carbonyl (C=O) groups excluding carboxylic acids is 1. The van der Waals surface area contributed by atoms with Crippen LogP contribution in [0, 0.1) is 5.41 Å². The van der Waals surface area contributed by atoms with Gasteiger partial charge >= 0.3 is 6.03 Å². The maximum atomic E-state index is 12.7. The highest BCUT2D eigenvalue weighted by Gasteiger charge is 2.53. The quantitative estimate of drug-likeness (QED) is 0.895. The van der Waals surface area contributed by atoms with Crippen molar-refractivity contribution in [3.05, 3.63) is 11.6 Å². The minimum Gasteiger partial charge on any atom is -0.335 e. The zero-order valence-electron chi connectivity index (χ0n) is 14.3. The molecule has 1 atom stereocenters. The van der Waals surface area contributed by atoms with Gasteiger partial charge in [-0.2, -0.15) is 5.10 Å². The van der Waals surface area contributed by atoms with Crippen LogP contribution >= 0.6 is 0 Å². The SMILES string of the molecule is O=C(NC1CCCC1)N1CC(c2nc(C3CC3)n[nH]2)C2(CCC2)C1. The fraction of sp³-hybridized carbons (Fsp3) is 0.833. The van der Waals surface area contributed by atoms with Gasteiger partial charge in [-0.1, -0.05) is 19.3 Å². The second-order valence-electron chi connectivity index (χ2n) is 8.43. The zero-order chi connectivity index (χ0) is 16.1. The number of carbonyl (C=O) groups is 1. The Balaban J connectivity index is 1.31. The molecule has 0 radical (unpaired) electrons. The summed E-state index contributed by atoms with van der Waals surface area (Å²) < 4.78 is 0. The smallest absolute Gasteiger partial charge is 0.317 e. The van der Waals surface area contributed by atoms with Crippen LogP contribution in [-0.2, 0) is 0 Å². The number of H-pyrrole nitrogens is 1. The molecule has 2 N–H and O–H groups in total. The number of hydrogen-bond donors (Lipinski definition) is 2. The van der Waals surface area contributed by atoms with Crippen molar-refractivity contribution in [3.63, 3.8) is 0 Å². The maximum absolute atomic E-state index is 12.7. The Labute approximate surface area is 142 Å². The fourth-order valence-corrected chi connectivity index (χ4v) is 4.94. The van der Waals surface area contributed by atoms with Gasteiger partial charge in [0.1, 0.15) is 5.82 Å². The molecule has 4 aliphatic rings. The van der Waals surface area contributed by atoms with E-state index in [1.807, 2.05) is 4.90 Å². The number of likely N-dealkylation sites (tertiary alicyclic amines) is 1. The highest BCUT2D eigenvalue weighted by molar-refractivity contribution is 5.75. The summed E-state index contributed by atoms with van der Waals surface area (Å²) in [6.07, 6.45) is 10.9. The van der Waals surface area contributed by atoms with E-state index in [1.54, 1.807) is 0 Å². The summed E-state index contributed by atoms with van der Waals surface area (Å²) in [4.78, 5) is 19.5. The first-order valence-corrected chi connectivity index (χ1v) is 9.71. The van der Waals surface area contributed by atoms with Gasteiger partial charge in [0.15, 0.2) is 5.82 Å². The van der Waals surface area contributed by atoms with E-state index in [9.17, 15) is 4.79 Å². The molecule has 1 aliphatic heterocycles. The van der Waals surface area contributed by atoms with E-state index in [0.717, 1.165) is 37.6 Å². The molecular formula is C18H27N5O. The number of aromatic amines is 1. The van der Waals surface area contributed by atoms with Gasteiger partial charge < -0.3 is 10.2 Å². The lowest BCUT2D eigenvalue weighted by molar-refractivity contribution is 0.120. The first-order valence-electron chi connectivity index (χ1n) is 9.71. The molecular weight excluding hydrogens is 302 g/mol. The number of amides is 2. The lowest BCUT2D eigenvalue weighted by Gasteiger charge is -2.41. The van der Waals surface area contributed by atoms with E-state index in [0.29, 0.717) is 17.9 Å². The monoisotopic (exact) mass is 329 g/mol. The Morgan fingerprint density at radius 1 is 1.17 bits per heavy atom. The molecule has 5 rings (SSSR count). The molecule has 24 heavy (non-hydrogen) atoms. The van der Waals surface area contributed by atoms with E-state index in [4.69, 9.17) is 4.98 Å². The van der Waals surface area contributed by atoms with Gasteiger partial charge in [0.25, 0.3) is 0 Å². The standard InChI is InChI=1S/C18H27N5O/c24-17(19-13-4-1-2-5-13)23-10-14(18(11-23)8-3-9-18)16-20-15(21-22-16)12-6-7-12/h12-14H,1-11H2,(H,19,24)(H,20,21,22). The van der Waals surface area contributed by atoms with Crippen molar-refractivity contribution in [1.29, 1.82) is 0 Å². The van der Waals surface area contributed by atoms with E-state index >= 15 is 0 Å².